The van der Waals surface area contributed by atoms with E-state index in [0.29, 0.717) is 17.1 Å². The van der Waals surface area contributed by atoms with Crippen LogP contribution in [0.25, 0.3) is 0 Å². The fraction of sp³-hybridized carbons (Fsp3) is 0.706. The summed E-state index contributed by atoms with van der Waals surface area (Å²) in [5, 5.41) is 2.69. The molecule has 1 saturated heterocycles. The van der Waals surface area contributed by atoms with E-state index in [2.05, 4.69) is 27.2 Å². The Bertz CT molecular complexity index is 551. The van der Waals surface area contributed by atoms with E-state index in [1.165, 1.54) is 38.8 Å². The summed E-state index contributed by atoms with van der Waals surface area (Å²) in [5.41, 5.74) is 0.493. The van der Waals surface area contributed by atoms with Crippen LogP contribution in [0.3, 0.4) is 0 Å². The molecule has 2 fully saturated rings. The van der Waals surface area contributed by atoms with Gasteiger partial charge in [0.25, 0.3) is 0 Å². The van der Waals surface area contributed by atoms with Crippen LogP contribution in [0.1, 0.15) is 45.8 Å². The number of amides is 1. The molecule has 128 valence electrons. The minimum Gasteiger partial charge on any atom is -0.446 e. The molecule has 0 radical (unpaired) electrons. The van der Waals surface area contributed by atoms with Crippen LogP contribution in [-0.4, -0.2) is 47.2 Å². The van der Waals surface area contributed by atoms with Crippen molar-refractivity contribution < 1.29 is 11.0 Å². The van der Waals surface area contributed by atoms with Gasteiger partial charge >= 0.3 is 6.09 Å². The first-order valence-electron chi connectivity index (χ1n) is 8.51. The SMILES string of the molecule is Cc1nccc(NC(=O)OC2CCC3(CC2)CCN(C)CC3)n1.[HH]. The first-order valence-corrected chi connectivity index (χ1v) is 8.51. The standard InChI is InChI=1S/C17H26N4O2.H2/c1-13-18-10-5-15(19-13)20-16(22)23-14-3-6-17(7-4-14)8-11-21(2)12-9-17;/h5,10,14H,3-4,6-9,11-12H2,1-2H3,(H,18,19,20,22);1H. The minimum atomic E-state index is -0.410. The average molecular weight is 320 g/mol. The molecular weight excluding hydrogens is 292 g/mol. The summed E-state index contributed by atoms with van der Waals surface area (Å²) < 4.78 is 5.57. The Labute approximate surface area is 139 Å². The maximum absolute atomic E-state index is 12.0. The fourth-order valence-corrected chi connectivity index (χ4v) is 3.73. The van der Waals surface area contributed by atoms with Gasteiger partial charge in [-0.1, -0.05) is 0 Å². The van der Waals surface area contributed by atoms with Crippen LogP contribution in [0.5, 0.6) is 0 Å². The van der Waals surface area contributed by atoms with Crippen molar-refractivity contribution in [2.45, 2.75) is 51.6 Å². The molecule has 2 aliphatic rings. The lowest BCUT2D eigenvalue weighted by Crippen LogP contribution is -2.41. The lowest BCUT2D eigenvalue weighted by atomic mass is 9.67. The summed E-state index contributed by atoms with van der Waals surface area (Å²) in [6.45, 7) is 4.18. The third-order valence-electron chi connectivity index (χ3n) is 5.32. The number of carbonyl (C=O) groups excluding carboxylic acids is 1. The number of hydrogen-bond donors (Lipinski definition) is 1. The molecule has 0 unspecified atom stereocenters. The number of anilines is 1. The van der Waals surface area contributed by atoms with Gasteiger partial charge in [-0.3, -0.25) is 5.32 Å². The molecule has 1 saturated carbocycles. The molecular formula is C17H28N4O2. The first-order chi connectivity index (χ1) is 11.0. The quantitative estimate of drug-likeness (QED) is 0.906. The maximum Gasteiger partial charge on any atom is 0.413 e. The van der Waals surface area contributed by atoms with Crippen molar-refractivity contribution in [2.75, 3.05) is 25.5 Å². The first kappa shape index (κ1) is 16.2. The number of piperidine rings is 1. The van der Waals surface area contributed by atoms with Gasteiger partial charge in [-0.05, 0) is 77.1 Å². The highest BCUT2D eigenvalue weighted by Crippen LogP contribution is 2.44. The van der Waals surface area contributed by atoms with E-state index in [9.17, 15) is 4.79 Å². The summed E-state index contributed by atoms with van der Waals surface area (Å²) in [4.78, 5) is 22.6. The van der Waals surface area contributed by atoms with Crippen LogP contribution in [0.4, 0.5) is 10.6 Å². The zero-order valence-electron chi connectivity index (χ0n) is 14.0. The van der Waals surface area contributed by atoms with Gasteiger partial charge in [-0.2, -0.15) is 0 Å². The van der Waals surface area contributed by atoms with E-state index < -0.39 is 6.09 Å². The van der Waals surface area contributed by atoms with Crippen molar-refractivity contribution in [2.24, 2.45) is 5.41 Å². The zero-order valence-corrected chi connectivity index (χ0v) is 14.0. The number of nitrogens with zero attached hydrogens (tertiary/aromatic N) is 3. The van der Waals surface area contributed by atoms with Gasteiger partial charge in [-0.15, -0.1) is 0 Å². The lowest BCUT2D eigenvalue weighted by molar-refractivity contribution is 0.0149. The number of aryl methyl sites for hydroxylation is 1. The third-order valence-corrected chi connectivity index (χ3v) is 5.32. The molecule has 1 aliphatic heterocycles. The monoisotopic (exact) mass is 320 g/mol. The summed E-state index contributed by atoms with van der Waals surface area (Å²) >= 11 is 0. The van der Waals surface area contributed by atoms with Crippen molar-refractivity contribution in [1.82, 2.24) is 14.9 Å². The van der Waals surface area contributed by atoms with E-state index in [1.54, 1.807) is 19.2 Å². The molecule has 0 aromatic carbocycles. The van der Waals surface area contributed by atoms with Gasteiger partial charge in [0.2, 0.25) is 0 Å². The van der Waals surface area contributed by atoms with Crippen molar-refractivity contribution in [3.8, 4) is 0 Å². The van der Waals surface area contributed by atoms with Crippen molar-refractivity contribution in [3.63, 3.8) is 0 Å². The van der Waals surface area contributed by atoms with Gasteiger partial charge in [0.15, 0.2) is 0 Å². The van der Waals surface area contributed by atoms with Crippen LogP contribution >= 0.6 is 0 Å². The maximum atomic E-state index is 12.0. The largest absolute Gasteiger partial charge is 0.446 e. The summed E-state index contributed by atoms with van der Waals surface area (Å²) in [6, 6.07) is 1.67. The number of nitrogens with one attached hydrogen (secondary N) is 1. The number of carbonyl (C=O) groups is 1. The smallest absolute Gasteiger partial charge is 0.413 e. The molecule has 1 aromatic rings. The number of aromatic nitrogens is 2. The number of likely N-dealkylation sites (tertiary alicyclic amines) is 1. The van der Waals surface area contributed by atoms with Crippen molar-refractivity contribution in [1.29, 1.82) is 0 Å². The molecule has 1 spiro atoms. The highest BCUT2D eigenvalue weighted by atomic mass is 16.6. The Morgan fingerprint density at radius 1 is 1.35 bits per heavy atom. The summed E-state index contributed by atoms with van der Waals surface area (Å²) in [5.74, 6) is 1.12. The second-order valence-electron chi connectivity index (χ2n) is 7.02. The molecule has 2 heterocycles. The molecule has 1 N–H and O–H groups in total. The second-order valence-corrected chi connectivity index (χ2v) is 7.02. The second kappa shape index (κ2) is 6.83. The summed E-state index contributed by atoms with van der Waals surface area (Å²) in [7, 11) is 2.20. The molecule has 0 bridgehead atoms. The van der Waals surface area contributed by atoms with Crippen LogP contribution < -0.4 is 5.32 Å². The van der Waals surface area contributed by atoms with Crippen molar-refractivity contribution >= 4 is 11.9 Å². The van der Waals surface area contributed by atoms with Gasteiger partial charge in [0.1, 0.15) is 17.7 Å². The molecule has 1 aliphatic carbocycles. The Balaban J connectivity index is 0.00000208. The van der Waals surface area contributed by atoms with Gasteiger partial charge in [0.05, 0.1) is 0 Å². The van der Waals surface area contributed by atoms with E-state index >= 15 is 0 Å². The van der Waals surface area contributed by atoms with E-state index in [0.717, 1.165) is 12.8 Å². The van der Waals surface area contributed by atoms with Crippen LogP contribution in [0, 0.1) is 12.3 Å². The molecule has 23 heavy (non-hydrogen) atoms. The highest BCUT2D eigenvalue weighted by Gasteiger charge is 2.38. The topological polar surface area (TPSA) is 67.3 Å². The Morgan fingerprint density at radius 3 is 2.70 bits per heavy atom. The van der Waals surface area contributed by atoms with E-state index in [-0.39, 0.29) is 7.53 Å². The predicted molar refractivity (Wildman–Crippen MR) is 90.4 cm³/mol. The molecule has 1 amide bonds. The molecule has 0 atom stereocenters. The molecule has 3 rings (SSSR count). The van der Waals surface area contributed by atoms with E-state index in [1.807, 2.05) is 0 Å². The number of hydrogen-bond acceptors (Lipinski definition) is 5. The molecule has 1 aromatic heterocycles. The predicted octanol–water partition coefficient (Wildman–Crippen LogP) is 3.23. The lowest BCUT2D eigenvalue weighted by Gasteiger charge is -2.44. The minimum absolute atomic E-state index is 0. The average Bonchev–Trinajstić information content (AvgIpc) is 2.53. The van der Waals surface area contributed by atoms with E-state index in [4.69, 9.17) is 4.74 Å². The fourth-order valence-electron chi connectivity index (χ4n) is 3.73. The Kier molecular flexibility index (Phi) is 4.80. The van der Waals surface area contributed by atoms with Crippen LogP contribution in [0.15, 0.2) is 12.3 Å². The normalized spacial score (nSPS) is 22.0. The van der Waals surface area contributed by atoms with Crippen LogP contribution in [0.2, 0.25) is 0 Å². The highest BCUT2D eigenvalue weighted by molar-refractivity contribution is 5.83. The zero-order chi connectivity index (χ0) is 16.3. The van der Waals surface area contributed by atoms with Crippen molar-refractivity contribution in [3.05, 3.63) is 18.1 Å². The summed E-state index contributed by atoms with van der Waals surface area (Å²) in [6.07, 6.45) is 8.10. The van der Waals surface area contributed by atoms with Gasteiger partial charge in [-0.25, -0.2) is 14.8 Å². The molecule has 6 heteroatoms. The van der Waals surface area contributed by atoms with Gasteiger partial charge < -0.3 is 9.64 Å². The Morgan fingerprint density at radius 2 is 2.04 bits per heavy atom. The van der Waals surface area contributed by atoms with Gasteiger partial charge in [0, 0.05) is 7.62 Å². The molecule has 6 nitrogen and oxygen atoms in total. The Hall–Kier alpha value is -1.69. The number of rotatable bonds is 2. The third kappa shape index (κ3) is 4.19. The number of ether oxygens (including phenoxy) is 1. The van der Waals surface area contributed by atoms with Crippen LogP contribution in [-0.2, 0) is 4.74 Å².